The number of hydrogen-bond donors (Lipinski definition) is 1. The van der Waals surface area contributed by atoms with Crippen molar-refractivity contribution in [2.24, 2.45) is 0 Å². The van der Waals surface area contributed by atoms with Crippen molar-refractivity contribution in [3.63, 3.8) is 0 Å². The van der Waals surface area contributed by atoms with Gasteiger partial charge in [-0.15, -0.1) is 0 Å². The zero-order valence-corrected chi connectivity index (χ0v) is 10.6. The summed E-state index contributed by atoms with van der Waals surface area (Å²) in [5.41, 5.74) is 3.48. The second kappa shape index (κ2) is 4.74. The van der Waals surface area contributed by atoms with Gasteiger partial charge >= 0.3 is 0 Å². The normalized spacial score (nSPS) is 10.8. The molecule has 0 aliphatic rings. The molecule has 0 amide bonds. The Balaban J connectivity index is 2.15. The van der Waals surface area contributed by atoms with E-state index in [1.807, 2.05) is 53.2 Å². The Kier molecular flexibility index (Phi) is 2.93. The van der Waals surface area contributed by atoms with Gasteiger partial charge in [-0.05, 0) is 29.8 Å². The second-order valence-corrected chi connectivity index (χ2v) is 4.29. The lowest BCUT2D eigenvalue weighted by molar-refractivity contribution is 0.282. The van der Waals surface area contributed by atoms with E-state index in [0.717, 1.165) is 28.2 Å². The summed E-state index contributed by atoms with van der Waals surface area (Å²) in [6.07, 6.45) is 3.85. The first-order chi connectivity index (χ1) is 9.31. The van der Waals surface area contributed by atoms with Crippen LogP contribution in [0.25, 0.3) is 16.9 Å². The maximum absolute atomic E-state index is 9.15. The lowest BCUT2D eigenvalue weighted by Crippen LogP contribution is -1.87. The highest BCUT2D eigenvalue weighted by molar-refractivity contribution is 5.69. The molecule has 2 aromatic heterocycles. The van der Waals surface area contributed by atoms with Crippen LogP contribution in [0.15, 0.2) is 48.8 Å². The van der Waals surface area contributed by atoms with E-state index in [1.54, 1.807) is 7.11 Å². The van der Waals surface area contributed by atoms with Crippen molar-refractivity contribution < 1.29 is 9.84 Å². The highest BCUT2D eigenvalue weighted by Crippen LogP contribution is 2.28. The van der Waals surface area contributed by atoms with Gasteiger partial charge in [0.25, 0.3) is 0 Å². The van der Waals surface area contributed by atoms with Gasteiger partial charge in [0.15, 0.2) is 0 Å². The number of pyridine rings is 1. The van der Waals surface area contributed by atoms with Crippen molar-refractivity contribution >= 4 is 5.65 Å². The van der Waals surface area contributed by atoms with Gasteiger partial charge in [0.05, 0.1) is 19.4 Å². The monoisotopic (exact) mass is 254 g/mol. The molecule has 2 heterocycles. The summed E-state index contributed by atoms with van der Waals surface area (Å²) in [5.74, 6) is 0.799. The minimum absolute atomic E-state index is 0.0212. The predicted octanol–water partition coefficient (Wildman–Crippen LogP) is 2.50. The number of aromatic nitrogens is 2. The predicted molar refractivity (Wildman–Crippen MR) is 73.1 cm³/mol. The zero-order chi connectivity index (χ0) is 13.2. The number of hydrogen-bond acceptors (Lipinski definition) is 3. The van der Waals surface area contributed by atoms with Crippen LogP contribution in [0.5, 0.6) is 5.75 Å². The lowest BCUT2D eigenvalue weighted by atomic mass is 10.1. The number of aliphatic hydroxyl groups excluding tert-OH is 1. The number of fused-ring (bicyclic) bond motifs is 1. The van der Waals surface area contributed by atoms with Crippen LogP contribution in [0.1, 0.15) is 5.56 Å². The van der Waals surface area contributed by atoms with E-state index in [4.69, 9.17) is 9.84 Å². The van der Waals surface area contributed by atoms with Crippen LogP contribution < -0.4 is 4.74 Å². The third-order valence-corrected chi connectivity index (χ3v) is 3.09. The summed E-state index contributed by atoms with van der Waals surface area (Å²) in [6, 6.07) is 11.5. The van der Waals surface area contributed by atoms with Crippen molar-refractivity contribution in [2.45, 2.75) is 6.61 Å². The van der Waals surface area contributed by atoms with Gasteiger partial charge in [0, 0.05) is 18.0 Å². The zero-order valence-electron chi connectivity index (χ0n) is 10.6. The average Bonchev–Trinajstić information content (AvgIpc) is 2.89. The molecule has 0 fully saturated rings. The average molecular weight is 254 g/mol. The number of aliphatic hydroxyl groups is 1. The van der Waals surface area contributed by atoms with Crippen LogP contribution >= 0.6 is 0 Å². The third-order valence-electron chi connectivity index (χ3n) is 3.09. The fraction of sp³-hybridized carbons (Fsp3) is 0.133. The molecule has 0 atom stereocenters. The number of imidazole rings is 1. The molecule has 0 bridgehead atoms. The van der Waals surface area contributed by atoms with Crippen LogP contribution in [0, 0.1) is 0 Å². The molecule has 0 spiro atoms. The summed E-state index contributed by atoms with van der Waals surface area (Å²) in [5, 5.41) is 9.15. The highest BCUT2D eigenvalue weighted by atomic mass is 16.5. The molecule has 0 saturated heterocycles. The Bertz CT molecular complexity index is 719. The van der Waals surface area contributed by atoms with E-state index >= 15 is 0 Å². The molecule has 0 unspecified atom stereocenters. The van der Waals surface area contributed by atoms with E-state index in [1.165, 1.54) is 0 Å². The largest absolute Gasteiger partial charge is 0.496 e. The number of benzene rings is 1. The Morgan fingerprint density at radius 1 is 1.26 bits per heavy atom. The Morgan fingerprint density at radius 3 is 2.89 bits per heavy atom. The van der Waals surface area contributed by atoms with Gasteiger partial charge in [-0.1, -0.05) is 12.1 Å². The first kappa shape index (κ1) is 11.7. The third kappa shape index (κ3) is 2.06. The van der Waals surface area contributed by atoms with E-state index in [9.17, 15) is 0 Å². The van der Waals surface area contributed by atoms with Crippen LogP contribution in [0.4, 0.5) is 0 Å². The van der Waals surface area contributed by atoms with Gasteiger partial charge < -0.3 is 14.2 Å². The van der Waals surface area contributed by atoms with Crippen molar-refractivity contribution in [2.75, 3.05) is 7.11 Å². The molecule has 96 valence electrons. The maximum Gasteiger partial charge on any atom is 0.137 e. The second-order valence-electron chi connectivity index (χ2n) is 4.29. The molecule has 0 radical (unpaired) electrons. The smallest absolute Gasteiger partial charge is 0.137 e. The molecule has 3 rings (SSSR count). The SMILES string of the molecule is COc1ccccc1-c1cn2ccc(CO)cc2n1. The number of nitrogens with zero attached hydrogens (tertiary/aromatic N) is 2. The topological polar surface area (TPSA) is 46.8 Å². The van der Waals surface area contributed by atoms with Crippen molar-refractivity contribution in [1.82, 2.24) is 9.38 Å². The lowest BCUT2D eigenvalue weighted by Gasteiger charge is -2.04. The molecule has 4 nitrogen and oxygen atoms in total. The Hall–Kier alpha value is -2.33. The summed E-state index contributed by atoms with van der Waals surface area (Å²) < 4.78 is 7.28. The molecule has 0 aliphatic heterocycles. The van der Waals surface area contributed by atoms with Crippen LogP contribution in [-0.4, -0.2) is 21.6 Å². The molecule has 1 aromatic carbocycles. The van der Waals surface area contributed by atoms with Crippen LogP contribution in [0.2, 0.25) is 0 Å². The molecular formula is C15H14N2O2. The quantitative estimate of drug-likeness (QED) is 0.781. The first-order valence-electron chi connectivity index (χ1n) is 6.03. The number of rotatable bonds is 3. The minimum Gasteiger partial charge on any atom is -0.496 e. The molecular weight excluding hydrogens is 240 g/mol. The van der Waals surface area contributed by atoms with E-state index < -0.39 is 0 Å². The summed E-state index contributed by atoms with van der Waals surface area (Å²) >= 11 is 0. The Labute approximate surface area is 110 Å². The summed E-state index contributed by atoms with van der Waals surface area (Å²) in [4.78, 5) is 4.57. The van der Waals surface area contributed by atoms with Crippen LogP contribution in [-0.2, 0) is 6.61 Å². The van der Waals surface area contributed by atoms with E-state index in [-0.39, 0.29) is 6.61 Å². The summed E-state index contributed by atoms with van der Waals surface area (Å²) in [6.45, 7) is 0.0212. The van der Waals surface area contributed by atoms with Crippen molar-refractivity contribution in [3.8, 4) is 17.0 Å². The maximum atomic E-state index is 9.15. The molecule has 19 heavy (non-hydrogen) atoms. The molecule has 0 saturated carbocycles. The van der Waals surface area contributed by atoms with E-state index in [2.05, 4.69) is 4.98 Å². The van der Waals surface area contributed by atoms with Crippen molar-refractivity contribution in [3.05, 3.63) is 54.4 Å². The van der Waals surface area contributed by atoms with Gasteiger partial charge in [0.1, 0.15) is 11.4 Å². The highest BCUT2D eigenvalue weighted by Gasteiger charge is 2.09. The van der Waals surface area contributed by atoms with Gasteiger partial charge in [-0.25, -0.2) is 4.98 Å². The number of methoxy groups -OCH3 is 1. The molecule has 4 heteroatoms. The molecule has 3 aromatic rings. The van der Waals surface area contributed by atoms with E-state index in [0.29, 0.717) is 0 Å². The van der Waals surface area contributed by atoms with Gasteiger partial charge in [-0.2, -0.15) is 0 Å². The molecule has 1 N–H and O–H groups in total. The van der Waals surface area contributed by atoms with Crippen molar-refractivity contribution in [1.29, 1.82) is 0 Å². The Morgan fingerprint density at radius 2 is 2.11 bits per heavy atom. The number of para-hydroxylation sites is 1. The minimum atomic E-state index is 0.0212. The fourth-order valence-electron chi connectivity index (χ4n) is 2.11. The molecule has 0 aliphatic carbocycles. The standard InChI is InChI=1S/C15H14N2O2/c1-19-14-5-3-2-4-12(14)13-9-17-7-6-11(10-18)8-15(17)16-13/h2-9,18H,10H2,1H3. The van der Waals surface area contributed by atoms with Gasteiger partial charge in [-0.3, -0.25) is 0 Å². The van der Waals surface area contributed by atoms with Crippen LogP contribution in [0.3, 0.4) is 0 Å². The summed E-state index contributed by atoms with van der Waals surface area (Å²) in [7, 11) is 1.65. The fourth-order valence-corrected chi connectivity index (χ4v) is 2.11. The first-order valence-corrected chi connectivity index (χ1v) is 6.03. The number of ether oxygens (including phenoxy) is 1. The van der Waals surface area contributed by atoms with Gasteiger partial charge in [0.2, 0.25) is 0 Å².